The lowest BCUT2D eigenvalue weighted by Gasteiger charge is -2.24. The van der Waals surface area contributed by atoms with Crippen LogP contribution in [0.3, 0.4) is 0 Å². The number of hydrogen-bond acceptors (Lipinski definition) is 2. The summed E-state index contributed by atoms with van der Waals surface area (Å²) in [4.78, 5) is 7.18. The van der Waals surface area contributed by atoms with Crippen molar-refractivity contribution in [2.75, 3.05) is 18.0 Å². The van der Waals surface area contributed by atoms with Crippen molar-refractivity contribution in [3.63, 3.8) is 0 Å². The Labute approximate surface area is 168 Å². The zero-order chi connectivity index (χ0) is 17.8. The van der Waals surface area contributed by atoms with E-state index in [0.717, 1.165) is 18.8 Å². The van der Waals surface area contributed by atoms with E-state index in [-0.39, 0.29) is 12.4 Å². The lowest BCUT2D eigenvalue weighted by molar-refractivity contribution is 0.726. The maximum absolute atomic E-state index is 4.64. The third kappa shape index (κ3) is 4.51. The Balaban J connectivity index is 0.00000210. The number of anilines is 1. The Morgan fingerprint density at radius 2 is 1.63 bits per heavy atom. The second-order valence-corrected chi connectivity index (χ2v) is 7.20. The zero-order valence-corrected chi connectivity index (χ0v) is 16.7. The van der Waals surface area contributed by atoms with Crippen molar-refractivity contribution in [2.24, 2.45) is 0 Å². The molecule has 0 N–H and O–H groups in total. The molecule has 0 bridgehead atoms. The summed E-state index contributed by atoms with van der Waals surface area (Å²) >= 11 is 0. The highest BCUT2D eigenvalue weighted by Crippen LogP contribution is 2.25. The Hall–Kier alpha value is -2.32. The highest BCUT2D eigenvalue weighted by molar-refractivity contribution is 5.92. The molecule has 1 aliphatic rings. The Kier molecular flexibility index (Phi) is 6.52. The van der Waals surface area contributed by atoms with Crippen LogP contribution in [0.5, 0.6) is 0 Å². The molecule has 0 saturated carbocycles. The first-order chi connectivity index (χ1) is 12.8. The largest absolute Gasteiger partial charge is 0.371 e. The zero-order valence-electron chi connectivity index (χ0n) is 15.9. The normalized spacial score (nSPS) is 14.9. The summed E-state index contributed by atoms with van der Waals surface area (Å²) in [6, 6.07) is 17.2. The van der Waals surface area contributed by atoms with Gasteiger partial charge in [0.15, 0.2) is 0 Å². The summed E-state index contributed by atoms with van der Waals surface area (Å²) in [6.45, 7) is 4.50. The third-order valence-corrected chi connectivity index (χ3v) is 5.30. The van der Waals surface area contributed by atoms with E-state index in [0.29, 0.717) is 0 Å². The average Bonchev–Trinajstić information content (AvgIpc) is 2.97. The van der Waals surface area contributed by atoms with E-state index in [9.17, 15) is 0 Å². The van der Waals surface area contributed by atoms with E-state index in [2.05, 4.69) is 77.5 Å². The fraction of sp³-hybridized carbons (Fsp3) is 0.292. The van der Waals surface area contributed by atoms with Crippen molar-refractivity contribution >= 4 is 41.0 Å². The van der Waals surface area contributed by atoms with Crippen molar-refractivity contribution in [3.8, 4) is 0 Å². The minimum Gasteiger partial charge on any atom is -0.371 e. The van der Waals surface area contributed by atoms with Crippen molar-refractivity contribution in [1.82, 2.24) is 4.98 Å². The monoisotopic (exact) mass is 378 g/mol. The molecule has 0 radical (unpaired) electrons. The molecule has 1 aromatic heterocycles. The van der Waals surface area contributed by atoms with E-state index in [1.807, 2.05) is 6.20 Å². The molecule has 27 heavy (non-hydrogen) atoms. The Morgan fingerprint density at radius 3 is 2.44 bits per heavy atom. The average molecular weight is 379 g/mol. The number of fused-ring (bicyclic) bond motifs is 1. The van der Waals surface area contributed by atoms with Gasteiger partial charge in [-0.25, -0.2) is 0 Å². The second kappa shape index (κ2) is 9.05. The van der Waals surface area contributed by atoms with Gasteiger partial charge < -0.3 is 4.90 Å². The molecular weight excluding hydrogens is 352 g/mol. The van der Waals surface area contributed by atoms with E-state index >= 15 is 0 Å². The number of aryl methyl sites for hydroxylation is 1. The fourth-order valence-corrected chi connectivity index (χ4v) is 3.84. The molecule has 1 saturated heterocycles. The molecule has 0 atom stereocenters. The van der Waals surface area contributed by atoms with Gasteiger partial charge in [0.2, 0.25) is 0 Å². The van der Waals surface area contributed by atoms with Crippen LogP contribution in [0.15, 0.2) is 54.7 Å². The van der Waals surface area contributed by atoms with Crippen molar-refractivity contribution < 1.29 is 0 Å². The lowest BCUT2D eigenvalue weighted by Crippen LogP contribution is -2.24. The van der Waals surface area contributed by atoms with Gasteiger partial charge in [0.25, 0.3) is 0 Å². The predicted octanol–water partition coefficient (Wildman–Crippen LogP) is 6.52. The van der Waals surface area contributed by atoms with Gasteiger partial charge in [0.1, 0.15) is 0 Å². The van der Waals surface area contributed by atoms with Gasteiger partial charge in [0, 0.05) is 25.0 Å². The number of pyridine rings is 1. The quantitative estimate of drug-likeness (QED) is 0.516. The highest BCUT2D eigenvalue weighted by Gasteiger charge is 2.12. The number of rotatable bonds is 3. The van der Waals surface area contributed by atoms with Gasteiger partial charge in [-0.05, 0) is 53.8 Å². The molecule has 3 heteroatoms. The molecule has 2 nitrogen and oxygen atoms in total. The van der Waals surface area contributed by atoms with Crippen LogP contribution in [0.2, 0.25) is 0 Å². The fourth-order valence-electron chi connectivity index (χ4n) is 3.84. The van der Waals surface area contributed by atoms with Crippen molar-refractivity contribution in [3.05, 3.63) is 71.5 Å². The SMILES string of the molecule is Cc1cnc(/C=C\c2cccc3ccccc23)cc1N1CCCCCC1.Cl. The van der Waals surface area contributed by atoms with Crippen LogP contribution in [0.25, 0.3) is 22.9 Å². The number of hydrogen-bond donors (Lipinski definition) is 0. The van der Waals surface area contributed by atoms with E-state index < -0.39 is 0 Å². The summed E-state index contributed by atoms with van der Waals surface area (Å²) in [5.74, 6) is 0. The topological polar surface area (TPSA) is 16.1 Å². The smallest absolute Gasteiger partial charge is 0.0650 e. The molecule has 1 fully saturated rings. The number of nitrogens with zero attached hydrogens (tertiary/aromatic N) is 2. The molecule has 3 aromatic rings. The van der Waals surface area contributed by atoms with Gasteiger partial charge >= 0.3 is 0 Å². The van der Waals surface area contributed by atoms with Crippen LogP contribution in [0, 0.1) is 6.92 Å². The van der Waals surface area contributed by atoms with Gasteiger partial charge in [-0.15, -0.1) is 12.4 Å². The van der Waals surface area contributed by atoms with Crippen LogP contribution in [-0.2, 0) is 0 Å². The minimum absolute atomic E-state index is 0. The standard InChI is InChI=1S/C24H26N2.ClH/c1-19-18-25-22(17-24(19)26-15-6-2-3-7-16-26)14-13-21-11-8-10-20-9-4-5-12-23(20)21;/h4-5,8-14,17-18H,2-3,6-7,15-16H2,1H3;1H/b14-13-;. The summed E-state index contributed by atoms with van der Waals surface area (Å²) < 4.78 is 0. The van der Waals surface area contributed by atoms with E-state index in [1.165, 1.54) is 53.3 Å². The minimum atomic E-state index is 0. The van der Waals surface area contributed by atoms with Gasteiger partial charge in [-0.3, -0.25) is 4.98 Å². The first-order valence-corrected chi connectivity index (χ1v) is 9.69. The van der Waals surface area contributed by atoms with Crippen molar-refractivity contribution in [2.45, 2.75) is 32.6 Å². The molecule has 0 aliphatic carbocycles. The summed E-state index contributed by atoms with van der Waals surface area (Å²) in [5, 5.41) is 2.56. The molecule has 2 heterocycles. The Bertz CT molecular complexity index is 919. The van der Waals surface area contributed by atoms with E-state index in [4.69, 9.17) is 0 Å². The molecule has 2 aromatic carbocycles. The lowest BCUT2D eigenvalue weighted by atomic mass is 10.0. The number of benzene rings is 2. The molecule has 0 unspecified atom stereocenters. The second-order valence-electron chi connectivity index (χ2n) is 7.20. The number of aromatic nitrogens is 1. The van der Waals surface area contributed by atoms with Crippen LogP contribution in [-0.4, -0.2) is 18.1 Å². The van der Waals surface area contributed by atoms with Crippen LogP contribution in [0.1, 0.15) is 42.5 Å². The summed E-state index contributed by atoms with van der Waals surface area (Å²) in [5.41, 5.74) is 4.89. The van der Waals surface area contributed by atoms with Crippen LogP contribution < -0.4 is 4.90 Å². The van der Waals surface area contributed by atoms with Gasteiger partial charge in [-0.2, -0.15) is 0 Å². The van der Waals surface area contributed by atoms with E-state index in [1.54, 1.807) is 0 Å². The molecule has 4 rings (SSSR count). The first-order valence-electron chi connectivity index (χ1n) is 9.69. The molecular formula is C24H27ClN2. The molecule has 1 aliphatic heterocycles. The molecule has 140 valence electrons. The molecule has 0 amide bonds. The van der Waals surface area contributed by atoms with Crippen LogP contribution in [0.4, 0.5) is 5.69 Å². The predicted molar refractivity (Wildman–Crippen MR) is 120 cm³/mol. The Morgan fingerprint density at radius 1 is 0.889 bits per heavy atom. The number of halogens is 1. The summed E-state index contributed by atoms with van der Waals surface area (Å²) in [7, 11) is 0. The maximum Gasteiger partial charge on any atom is 0.0650 e. The maximum atomic E-state index is 4.64. The molecule has 0 spiro atoms. The van der Waals surface area contributed by atoms with Crippen LogP contribution >= 0.6 is 12.4 Å². The summed E-state index contributed by atoms with van der Waals surface area (Å²) in [6.07, 6.45) is 11.6. The van der Waals surface area contributed by atoms with Gasteiger partial charge in [0.05, 0.1) is 5.69 Å². The highest BCUT2D eigenvalue weighted by atomic mass is 35.5. The third-order valence-electron chi connectivity index (χ3n) is 5.30. The van der Waals surface area contributed by atoms with Crippen molar-refractivity contribution in [1.29, 1.82) is 0 Å². The first kappa shape index (κ1) is 19.4. The van der Waals surface area contributed by atoms with Gasteiger partial charge in [-0.1, -0.05) is 61.4 Å².